The van der Waals surface area contributed by atoms with Crippen LogP contribution in [0, 0.1) is 10.1 Å². The van der Waals surface area contributed by atoms with Crippen LogP contribution in [0.1, 0.15) is 49.7 Å². The number of hydrogen-bond acceptors (Lipinski definition) is 6. The Hall–Kier alpha value is -2.94. The number of amides is 2. The predicted molar refractivity (Wildman–Crippen MR) is 108 cm³/mol. The molecule has 2 aromatic rings. The van der Waals surface area contributed by atoms with E-state index >= 15 is 0 Å². The van der Waals surface area contributed by atoms with Gasteiger partial charge in [-0.05, 0) is 49.4 Å². The minimum absolute atomic E-state index is 0.0968. The average Bonchev–Trinajstić information content (AvgIpc) is 2.95. The lowest BCUT2D eigenvalue weighted by Gasteiger charge is -2.13. The number of thiophene rings is 1. The molecule has 1 aromatic heterocycles. The molecule has 148 valence electrons. The number of benzene rings is 1. The van der Waals surface area contributed by atoms with Gasteiger partial charge in [-0.25, -0.2) is 0 Å². The van der Waals surface area contributed by atoms with Gasteiger partial charge in [0.05, 0.1) is 9.80 Å². The van der Waals surface area contributed by atoms with Gasteiger partial charge in [0.1, 0.15) is 5.69 Å². The Bertz CT molecular complexity index is 899. The summed E-state index contributed by atoms with van der Waals surface area (Å²) in [7, 11) is 3.37. The van der Waals surface area contributed by atoms with Crippen LogP contribution >= 0.6 is 11.3 Å². The molecular weight excluding hydrogens is 380 g/mol. The number of aryl methyl sites for hydroxylation is 2. The van der Waals surface area contributed by atoms with Gasteiger partial charge in [-0.3, -0.25) is 30.6 Å². The molecule has 9 heteroatoms. The Morgan fingerprint density at radius 3 is 2.50 bits per heavy atom. The van der Waals surface area contributed by atoms with Crippen molar-refractivity contribution in [2.75, 3.05) is 19.0 Å². The van der Waals surface area contributed by atoms with E-state index in [0.717, 1.165) is 25.7 Å². The van der Waals surface area contributed by atoms with Crippen molar-refractivity contribution in [1.29, 1.82) is 0 Å². The molecule has 0 spiro atoms. The highest BCUT2D eigenvalue weighted by Gasteiger charge is 2.20. The van der Waals surface area contributed by atoms with Crippen molar-refractivity contribution in [1.82, 2.24) is 10.9 Å². The Balaban J connectivity index is 1.68. The molecule has 0 atom stereocenters. The van der Waals surface area contributed by atoms with Gasteiger partial charge in [0, 0.05) is 30.6 Å². The van der Waals surface area contributed by atoms with Crippen LogP contribution in [0.3, 0.4) is 0 Å². The highest BCUT2D eigenvalue weighted by Crippen LogP contribution is 2.29. The zero-order valence-corrected chi connectivity index (χ0v) is 16.6. The zero-order chi connectivity index (χ0) is 20.3. The smallest absolute Gasteiger partial charge is 0.293 e. The Morgan fingerprint density at radius 2 is 1.79 bits per heavy atom. The van der Waals surface area contributed by atoms with Crippen molar-refractivity contribution >= 4 is 34.5 Å². The second kappa shape index (κ2) is 8.39. The monoisotopic (exact) mass is 402 g/mol. The van der Waals surface area contributed by atoms with Crippen LogP contribution in [0.4, 0.5) is 11.4 Å². The van der Waals surface area contributed by atoms with Crippen LogP contribution < -0.4 is 15.8 Å². The lowest BCUT2D eigenvalue weighted by molar-refractivity contribution is -0.384. The molecule has 28 heavy (non-hydrogen) atoms. The van der Waals surface area contributed by atoms with Crippen LogP contribution in [0.15, 0.2) is 24.3 Å². The number of anilines is 1. The fourth-order valence-corrected chi connectivity index (χ4v) is 4.36. The third-order valence-electron chi connectivity index (χ3n) is 4.68. The number of rotatable bonds is 4. The van der Waals surface area contributed by atoms with Crippen molar-refractivity contribution in [2.45, 2.75) is 32.1 Å². The maximum Gasteiger partial charge on any atom is 0.293 e. The van der Waals surface area contributed by atoms with Gasteiger partial charge in [-0.15, -0.1) is 11.3 Å². The highest BCUT2D eigenvalue weighted by atomic mass is 32.1. The van der Waals surface area contributed by atoms with E-state index in [9.17, 15) is 19.7 Å². The number of carbonyl (C=O) groups is 2. The average molecular weight is 402 g/mol. The molecule has 0 saturated carbocycles. The van der Waals surface area contributed by atoms with Gasteiger partial charge in [-0.2, -0.15) is 0 Å². The van der Waals surface area contributed by atoms with Gasteiger partial charge >= 0.3 is 0 Å². The topological polar surface area (TPSA) is 105 Å². The second-order valence-corrected chi connectivity index (χ2v) is 8.02. The number of carbonyl (C=O) groups excluding carboxylic acids is 2. The van der Waals surface area contributed by atoms with Crippen molar-refractivity contribution in [3.05, 3.63) is 55.3 Å². The first-order valence-corrected chi connectivity index (χ1v) is 9.86. The molecule has 3 rings (SSSR count). The molecular formula is C19H22N4O4S. The molecule has 0 aliphatic heterocycles. The van der Waals surface area contributed by atoms with Crippen LogP contribution in [0.25, 0.3) is 0 Å². The quantitative estimate of drug-likeness (QED) is 0.465. The lowest BCUT2D eigenvalue weighted by Crippen LogP contribution is -2.41. The second-order valence-electron chi connectivity index (χ2n) is 6.88. The SMILES string of the molecule is CN(C)c1ccc(C(=O)NNC(=O)c2cc3c(s2)CCCCC3)cc1[N+](=O)[O-]. The molecule has 0 fully saturated rings. The fourth-order valence-electron chi connectivity index (χ4n) is 3.22. The van der Waals surface area contributed by atoms with Crippen LogP contribution in [-0.2, 0) is 12.8 Å². The number of nitro benzene ring substituents is 1. The van der Waals surface area contributed by atoms with E-state index in [2.05, 4.69) is 10.9 Å². The minimum Gasteiger partial charge on any atom is -0.372 e. The van der Waals surface area contributed by atoms with E-state index in [-0.39, 0.29) is 17.2 Å². The maximum atomic E-state index is 12.4. The van der Waals surface area contributed by atoms with E-state index in [1.165, 1.54) is 46.4 Å². The number of nitro groups is 1. The molecule has 2 amide bonds. The summed E-state index contributed by atoms with van der Waals surface area (Å²) in [6, 6.07) is 6.08. The molecule has 0 bridgehead atoms. The molecule has 1 heterocycles. The van der Waals surface area contributed by atoms with E-state index in [1.807, 2.05) is 6.07 Å². The third-order valence-corrected chi connectivity index (χ3v) is 5.91. The molecule has 1 aliphatic rings. The zero-order valence-electron chi connectivity index (χ0n) is 15.8. The summed E-state index contributed by atoms with van der Waals surface area (Å²) in [5, 5.41) is 11.3. The maximum absolute atomic E-state index is 12.4. The first-order valence-electron chi connectivity index (χ1n) is 9.05. The summed E-state index contributed by atoms with van der Waals surface area (Å²) in [5.41, 5.74) is 6.27. The van der Waals surface area contributed by atoms with E-state index in [4.69, 9.17) is 0 Å². The molecule has 0 unspecified atom stereocenters. The standard InChI is InChI=1S/C19H22N4O4S/c1-22(2)14-9-8-13(10-15(14)23(26)27)18(24)20-21-19(25)17-11-12-6-4-3-5-7-16(12)28-17/h8-11H,3-7H2,1-2H3,(H,20,24)(H,21,25). The Labute approximate surface area is 166 Å². The van der Waals surface area contributed by atoms with Crippen molar-refractivity contribution < 1.29 is 14.5 Å². The van der Waals surface area contributed by atoms with E-state index in [0.29, 0.717) is 10.6 Å². The first-order chi connectivity index (χ1) is 13.4. The largest absolute Gasteiger partial charge is 0.372 e. The van der Waals surface area contributed by atoms with E-state index < -0.39 is 10.8 Å². The van der Waals surface area contributed by atoms with Gasteiger partial charge < -0.3 is 4.90 Å². The summed E-state index contributed by atoms with van der Waals surface area (Å²) in [6.45, 7) is 0. The molecule has 1 aromatic carbocycles. The minimum atomic E-state index is -0.611. The lowest BCUT2D eigenvalue weighted by atomic mass is 10.1. The summed E-state index contributed by atoms with van der Waals surface area (Å²) in [4.78, 5) is 38.8. The fraction of sp³-hybridized carbons (Fsp3) is 0.368. The molecule has 0 radical (unpaired) electrons. The van der Waals surface area contributed by atoms with Gasteiger partial charge in [0.2, 0.25) is 0 Å². The van der Waals surface area contributed by atoms with Crippen LogP contribution in [0.2, 0.25) is 0 Å². The number of hydrazine groups is 1. The summed E-state index contributed by atoms with van der Waals surface area (Å²) >= 11 is 1.46. The Morgan fingerprint density at radius 1 is 1.07 bits per heavy atom. The molecule has 2 N–H and O–H groups in total. The summed E-state index contributed by atoms with van der Waals surface area (Å²) < 4.78 is 0. The van der Waals surface area contributed by atoms with Crippen molar-refractivity contribution in [3.8, 4) is 0 Å². The van der Waals surface area contributed by atoms with Gasteiger partial charge in [0.15, 0.2) is 0 Å². The number of nitrogens with one attached hydrogen (secondary N) is 2. The normalized spacial score (nSPS) is 13.2. The van der Waals surface area contributed by atoms with Crippen molar-refractivity contribution in [3.63, 3.8) is 0 Å². The van der Waals surface area contributed by atoms with E-state index in [1.54, 1.807) is 19.0 Å². The van der Waals surface area contributed by atoms with Gasteiger partial charge in [0.25, 0.3) is 17.5 Å². The molecule has 0 saturated heterocycles. The number of hydrogen-bond donors (Lipinski definition) is 2. The Kier molecular flexibility index (Phi) is 5.93. The number of nitrogens with zero attached hydrogens (tertiary/aromatic N) is 2. The summed E-state index contributed by atoms with van der Waals surface area (Å²) in [5.74, 6) is -0.995. The molecule has 1 aliphatic carbocycles. The van der Waals surface area contributed by atoms with Crippen LogP contribution in [0.5, 0.6) is 0 Å². The predicted octanol–water partition coefficient (Wildman–Crippen LogP) is 3.07. The number of fused-ring (bicyclic) bond motifs is 1. The van der Waals surface area contributed by atoms with Crippen LogP contribution in [-0.4, -0.2) is 30.8 Å². The molecule has 8 nitrogen and oxygen atoms in total. The summed E-state index contributed by atoms with van der Waals surface area (Å²) in [6.07, 6.45) is 5.43. The highest BCUT2D eigenvalue weighted by molar-refractivity contribution is 7.14. The van der Waals surface area contributed by atoms with Crippen molar-refractivity contribution in [2.24, 2.45) is 0 Å². The van der Waals surface area contributed by atoms with Gasteiger partial charge in [-0.1, -0.05) is 6.42 Å². The third kappa shape index (κ3) is 4.30. The first kappa shape index (κ1) is 19.8.